The van der Waals surface area contributed by atoms with Gasteiger partial charge in [0.2, 0.25) is 5.91 Å². The minimum atomic E-state index is 0.168. The van der Waals surface area contributed by atoms with Crippen molar-refractivity contribution in [1.29, 1.82) is 0 Å². The van der Waals surface area contributed by atoms with E-state index < -0.39 is 0 Å². The lowest BCUT2D eigenvalue weighted by Gasteiger charge is -2.29. The third kappa shape index (κ3) is 3.50. The van der Waals surface area contributed by atoms with Gasteiger partial charge in [-0.25, -0.2) is 0 Å². The van der Waals surface area contributed by atoms with E-state index in [1.807, 2.05) is 35.2 Å². The zero-order chi connectivity index (χ0) is 16.9. The van der Waals surface area contributed by atoms with Crippen LogP contribution in [0.5, 0.6) is 11.5 Å². The van der Waals surface area contributed by atoms with Gasteiger partial charge in [-0.1, -0.05) is 6.07 Å². The van der Waals surface area contributed by atoms with Crippen molar-refractivity contribution in [3.63, 3.8) is 0 Å². The minimum Gasteiger partial charge on any atom is -0.493 e. The topological polar surface area (TPSA) is 51.7 Å². The van der Waals surface area contributed by atoms with Crippen LogP contribution in [0.1, 0.15) is 23.2 Å². The van der Waals surface area contributed by atoms with Crippen LogP contribution in [0.4, 0.5) is 0 Å². The number of carbonyl (C=O) groups is 1. The molecular formula is C19H22N2O3. The number of hydrogen-bond donors (Lipinski definition) is 0. The standard InChI is InChI=1S/C19H22N2O3/c1-23-17-11-14-8-10-21(13-15(14)12-18(17)24-2)19(22)7-6-16-5-3-4-9-20-16/h3-5,9,11-12H,6-8,10,13H2,1-2H3. The van der Waals surface area contributed by atoms with Gasteiger partial charge in [-0.3, -0.25) is 9.78 Å². The third-order valence-corrected chi connectivity index (χ3v) is 4.39. The average molecular weight is 326 g/mol. The summed E-state index contributed by atoms with van der Waals surface area (Å²) in [6.07, 6.45) is 3.76. The van der Waals surface area contributed by atoms with Crippen LogP contribution >= 0.6 is 0 Å². The molecule has 0 atom stereocenters. The van der Waals surface area contributed by atoms with Crippen molar-refractivity contribution in [1.82, 2.24) is 9.88 Å². The van der Waals surface area contributed by atoms with E-state index in [2.05, 4.69) is 4.98 Å². The van der Waals surface area contributed by atoms with Gasteiger partial charge in [0.05, 0.1) is 14.2 Å². The minimum absolute atomic E-state index is 0.168. The fourth-order valence-electron chi connectivity index (χ4n) is 3.04. The Kier molecular flexibility index (Phi) is 4.99. The number of benzene rings is 1. The molecule has 24 heavy (non-hydrogen) atoms. The Morgan fingerprint density at radius 1 is 1.17 bits per heavy atom. The summed E-state index contributed by atoms with van der Waals surface area (Å²) in [7, 11) is 3.27. The molecule has 5 heteroatoms. The van der Waals surface area contributed by atoms with Crippen LogP contribution < -0.4 is 9.47 Å². The van der Waals surface area contributed by atoms with Crippen molar-refractivity contribution in [2.24, 2.45) is 0 Å². The van der Waals surface area contributed by atoms with E-state index in [-0.39, 0.29) is 5.91 Å². The fourth-order valence-corrected chi connectivity index (χ4v) is 3.04. The normalized spacial score (nSPS) is 13.3. The van der Waals surface area contributed by atoms with Gasteiger partial charge in [-0.2, -0.15) is 0 Å². The Balaban J connectivity index is 1.66. The second-order valence-corrected chi connectivity index (χ2v) is 5.86. The monoisotopic (exact) mass is 326 g/mol. The van der Waals surface area contributed by atoms with E-state index in [0.717, 1.165) is 30.0 Å². The summed E-state index contributed by atoms with van der Waals surface area (Å²) in [4.78, 5) is 18.7. The number of carbonyl (C=O) groups excluding carboxylic acids is 1. The van der Waals surface area contributed by atoms with E-state index in [4.69, 9.17) is 9.47 Å². The molecule has 126 valence electrons. The summed E-state index contributed by atoms with van der Waals surface area (Å²) in [5.41, 5.74) is 3.31. The van der Waals surface area contributed by atoms with Gasteiger partial charge < -0.3 is 14.4 Å². The lowest BCUT2D eigenvalue weighted by molar-refractivity contribution is -0.132. The van der Waals surface area contributed by atoms with Crippen molar-refractivity contribution in [2.45, 2.75) is 25.8 Å². The van der Waals surface area contributed by atoms with Gasteiger partial charge in [0.25, 0.3) is 0 Å². The Hall–Kier alpha value is -2.56. The summed E-state index contributed by atoms with van der Waals surface area (Å²) >= 11 is 0. The van der Waals surface area contributed by atoms with Crippen LogP contribution in [0.3, 0.4) is 0 Å². The second kappa shape index (κ2) is 7.34. The molecule has 0 spiro atoms. The lowest BCUT2D eigenvalue weighted by atomic mass is 9.98. The van der Waals surface area contributed by atoms with E-state index in [9.17, 15) is 4.79 Å². The summed E-state index contributed by atoms with van der Waals surface area (Å²) in [6, 6.07) is 9.78. The fraction of sp³-hybridized carbons (Fsp3) is 0.368. The first-order chi connectivity index (χ1) is 11.7. The summed E-state index contributed by atoms with van der Waals surface area (Å²) < 4.78 is 10.7. The van der Waals surface area contributed by atoms with E-state index in [1.165, 1.54) is 5.56 Å². The van der Waals surface area contributed by atoms with E-state index >= 15 is 0 Å². The van der Waals surface area contributed by atoms with Crippen LogP contribution in [0.25, 0.3) is 0 Å². The van der Waals surface area contributed by atoms with Crippen LogP contribution in [0.2, 0.25) is 0 Å². The van der Waals surface area contributed by atoms with Gasteiger partial charge in [-0.05, 0) is 48.2 Å². The Morgan fingerprint density at radius 2 is 1.92 bits per heavy atom. The molecule has 0 radical (unpaired) electrons. The van der Waals surface area contributed by atoms with Gasteiger partial charge >= 0.3 is 0 Å². The van der Waals surface area contributed by atoms with Gasteiger partial charge in [0.1, 0.15) is 0 Å². The van der Waals surface area contributed by atoms with Crippen LogP contribution in [0.15, 0.2) is 36.5 Å². The predicted molar refractivity (Wildman–Crippen MR) is 91.2 cm³/mol. The maximum atomic E-state index is 12.5. The third-order valence-electron chi connectivity index (χ3n) is 4.39. The maximum absolute atomic E-state index is 12.5. The largest absolute Gasteiger partial charge is 0.493 e. The van der Waals surface area contributed by atoms with Gasteiger partial charge in [0.15, 0.2) is 11.5 Å². The number of aryl methyl sites for hydroxylation is 1. The Labute approximate surface area is 142 Å². The number of nitrogens with zero attached hydrogens (tertiary/aromatic N) is 2. The number of amides is 1. The van der Waals surface area contributed by atoms with Crippen molar-refractivity contribution in [3.05, 3.63) is 53.3 Å². The molecule has 1 aromatic carbocycles. The van der Waals surface area contributed by atoms with Gasteiger partial charge in [-0.15, -0.1) is 0 Å². The molecule has 3 rings (SSSR count). The molecule has 0 fully saturated rings. The number of rotatable bonds is 5. The first-order valence-electron chi connectivity index (χ1n) is 8.12. The smallest absolute Gasteiger partial charge is 0.223 e. The Morgan fingerprint density at radius 3 is 2.58 bits per heavy atom. The quantitative estimate of drug-likeness (QED) is 0.847. The highest BCUT2D eigenvalue weighted by Gasteiger charge is 2.22. The van der Waals surface area contributed by atoms with Crippen molar-refractivity contribution in [2.75, 3.05) is 20.8 Å². The highest BCUT2D eigenvalue weighted by Crippen LogP contribution is 2.33. The summed E-state index contributed by atoms with van der Waals surface area (Å²) in [5, 5.41) is 0. The van der Waals surface area contributed by atoms with Crippen LogP contribution in [0, 0.1) is 0 Å². The predicted octanol–water partition coefficient (Wildman–Crippen LogP) is 2.62. The molecule has 0 bridgehead atoms. The highest BCUT2D eigenvalue weighted by molar-refractivity contribution is 5.76. The Bertz CT molecular complexity index is 716. The molecule has 1 aliphatic heterocycles. The molecule has 0 saturated heterocycles. The molecule has 0 saturated carbocycles. The number of pyridine rings is 1. The first kappa shape index (κ1) is 16.3. The molecular weight excluding hydrogens is 304 g/mol. The molecule has 5 nitrogen and oxygen atoms in total. The molecule has 1 amide bonds. The van der Waals surface area contributed by atoms with Crippen molar-refractivity contribution in [3.8, 4) is 11.5 Å². The lowest BCUT2D eigenvalue weighted by Crippen LogP contribution is -2.36. The van der Waals surface area contributed by atoms with Crippen LogP contribution in [-0.2, 0) is 24.2 Å². The van der Waals surface area contributed by atoms with Crippen LogP contribution in [-0.4, -0.2) is 36.6 Å². The number of methoxy groups -OCH3 is 2. The second-order valence-electron chi connectivity index (χ2n) is 5.86. The molecule has 2 heterocycles. The molecule has 1 aliphatic rings. The van der Waals surface area contributed by atoms with Crippen molar-refractivity contribution >= 4 is 5.91 Å². The maximum Gasteiger partial charge on any atom is 0.223 e. The van der Waals surface area contributed by atoms with Gasteiger partial charge in [0, 0.05) is 31.4 Å². The number of fused-ring (bicyclic) bond motifs is 1. The van der Waals surface area contributed by atoms with E-state index in [1.54, 1.807) is 20.4 Å². The molecule has 2 aromatic rings. The summed E-state index contributed by atoms with van der Waals surface area (Å²) in [5.74, 6) is 1.62. The zero-order valence-electron chi connectivity index (χ0n) is 14.1. The molecule has 0 N–H and O–H groups in total. The molecule has 1 aromatic heterocycles. The highest BCUT2D eigenvalue weighted by atomic mass is 16.5. The van der Waals surface area contributed by atoms with E-state index in [0.29, 0.717) is 25.1 Å². The number of aromatic nitrogens is 1. The molecule has 0 aliphatic carbocycles. The summed E-state index contributed by atoms with van der Waals surface area (Å²) in [6.45, 7) is 1.36. The zero-order valence-corrected chi connectivity index (χ0v) is 14.1. The van der Waals surface area contributed by atoms with Crippen molar-refractivity contribution < 1.29 is 14.3 Å². The molecule has 0 unspecified atom stereocenters. The number of hydrogen-bond acceptors (Lipinski definition) is 4. The SMILES string of the molecule is COc1cc2c(cc1OC)CN(C(=O)CCc1ccccn1)CC2. The average Bonchev–Trinajstić information content (AvgIpc) is 2.65. The first-order valence-corrected chi connectivity index (χ1v) is 8.12. The number of ether oxygens (including phenoxy) is 2.